The van der Waals surface area contributed by atoms with Crippen molar-refractivity contribution in [1.82, 2.24) is 10.2 Å². The predicted octanol–water partition coefficient (Wildman–Crippen LogP) is -0.260. The maximum Gasteiger partial charge on any atom is 0.244 e. The molecule has 0 aromatic heterocycles. The third-order valence-electron chi connectivity index (χ3n) is 1.79. The Hall–Kier alpha value is -1.10. The molecule has 2 amide bonds. The van der Waals surface area contributed by atoms with Gasteiger partial charge in [0.05, 0.1) is 5.60 Å². The van der Waals surface area contributed by atoms with Gasteiger partial charge in [-0.1, -0.05) is 0 Å². The van der Waals surface area contributed by atoms with E-state index in [0.717, 1.165) is 0 Å². The van der Waals surface area contributed by atoms with Crippen LogP contribution in [0.2, 0.25) is 0 Å². The lowest BCUT2D eigenvalue weighted by Gasteiger charge is -2.27. The standard InChI is InChI=1S/C10H20N2O3/c1-7(11-8(2)13)9(14)12(5)6-10(3,4)15/h7,15H,6H2,1-5H3,(H,11,13). The highest BCUT2D eigenvalue weighted by Gasteiger charge is 2.23. The monoisotopic (exact) mass is 216 g/mol. The number of carbonyl (C=O) groups is 2. The van der Waals surface area contributed by atoms with Gasteiger partial charge >= 0.3 is 0 Å². The number of rotatable bonds is 4. The Morgan fingerprint density at radius 2 is 1.93 bits per heavy atom. The van der Waals surface area contributed by atoms with Crippen LogP contribution < -0.4 is 5.32 Å². The number of hydrogen-bond acceptors (Lipinski definition) is 3. The highest BCUT2D eigenvalue weighted by Crippen LogP contribution is 2.04. The van der Waals surface area contributed by atoms with Gasteiger partial charge in [0, 0.05) is 20.5 Å². The Balaban J connectivity index is 4.26. The van der Waals surface area contributed by atoms with E-state index in [1.807, 2.05) is 0 Å². The molecular weight excluding hydrogens is 196 g/mol. The van der Waals surface area contributed by atoms with Crippen molar-refractivity contribution in [1.29, 1.82) is 0 Å². The van der Waals surface area contributed by atoms with Crippen LogP contribution in [0.5, 0.6) is 0 Å². The van der Waals surface area contributed by atoms with E-state index in [0.29, 0.717) is 0 Å². The second kappa shape index (κ2) is 5.11. The fraction of sp³-hybridized carbons (Fsp3) is 0.800. The molecule has 0 fully saturated rings. The molecule has 0 aromatic carbocycles. The van der Waals surface area contributed by atoms with Gasteiger partial charge in [0.15, 0.2) is 0 Å². The Kier molecular flexibility index (Phi) is 4.74. The largest absolute Gasteiger partial charge is 0.389 e. The van der Waals surface area contributed by atoms with E-state index in [1.165, 1.54) is 11.8 Å². The molecule has 0 heterocycles. The van der Waals surface area contributed by atoms with Gasteiger partial charge in [-0.25, -0.2) is 0 Å². The van der Waals surface area contributed by atoms with E-state index in [-0.39, 0.29) is 18.4 Å². The molecule has 0 aromatic rings. The summed E-state index contributed by atoms with van der Waals surface area (Å²) in [6, 6.07) is -0.560. The predicted molar refractivity (Wildman–Crippen MR) is 57.2 cm³/mol. The second-order valence-corrected chi connectivity index (χ2v) is 4.43. The van der Waals surface area contributed by atoms with Gasteiger partial charge in [-0.15, -0.1) is 0 Å². The molecule has 0 rings (SSSR count). The summed E-state index contributed by atoms with van der Waals surface area (Å²) in [4.78, 5) is 23.8. The number of aliphatic hydroxyl groups is 1. The first-order chi connectivity index (χ1) is 6.63. The summed E-state index contributed by atoms with van der Waals surface area (Å²) < 4.78 is 0. The lowest BCUT2D eigenvalue weighted by molar-refractivity contribution is -0.136. The van der Waals surface area contributed by atoms with Crippen molar-refractivity contribution in [3.8, 4) is 0 Å². The highest BCUT2D eigenvalue weighted by atomic mass is 16.3. The molecule has 15 heavy (non-hydrogen) atoms. The molecule has 88 valence electrons. The van der Waals surface area contributed by atoms with Crippen LogP contribution in [0.3, 0.4) is 0 Å². The maximum atomic E-state index is 11.7. The fourth-order valence-electron chi connectivity index (χ4n) is 1.36. The highest BCUT2D eigenvalue weighted by molar-refractivity contribution is 5.86. The summed E-state index contributed by atoms with van der Waals surface area (Å²) in [5.74, 6) is -0.458. The summed E-state index contributed by atoms with van der Waals surface area (Å²) in [6.07, 6.45) is 0. The summed E-state index contributed by atoms with van der Waals surface area (Å²) >= 11 is 0. The first-order valence-corrected chi connectivity index (χ1v) is 4.88. The number of carbonyl (C=O) groups excluding carboxylic acids is 2. The molecule has 0 saturated heterocycles. The second-order valence-electron chi connectivity index (χ2n) is 4.43. The normalized spacial score (nSPS) is 13.2. The zero-order chi connectivity index (χ0) is 12.2. The van der Waals surface area contributed by atoms with E-state index in [1.54, 1.807) is 27.8 Å². The molecule has 0 aliphatic carbocycles. The molecule has 0 bridgehead atoms. The topological polar surface area (TPSA) is 69.6 Å². The minimum Gasteiger partial charge on any atom is -0.389 e. The molecule has 5 nitrogen and oxygen atoms in total. The van der Waals surface area contributed by atoms with Crippen LogP contribution in [0, 0.1) is 0 Å². The minimum absolute atomic E-state index is 0.215. The van der Waals surface area contributed by atoms with Crippen LogP contribution >= 0.6 is 0 Å². The molecule has 0 saturated carbocycles. The Bertz CT molecular complexity index is 246. The van der Waals surface area contributed by atoms with E-state index in [9.17, 15) is 14.7 Å². The first-order valence-electron chi connectivity index (χ1n) is 4.88. The quantitative estimate of drug-likeness (QED) is 0.680. The van der Waals surface area contributed by atoms with E-state index < -0.39 is 11.6 Å². The molecule has 0 aliphatic heterocycles. The molecular formula is C10H20N2O3. The maximum absolute atomic E-state index is 11.7. The van der Waals surface area contributed by atoms with E-state index in [2.05, 4.69) is 5.32 Å². The number of nitrogens with zero attached hydrogens (tertiary/aromatic N) is 1. The smallest absolute Gasteiger partial charge is 0.244 e. The molecule has 1 atom stereocenters. The van der Waals surface area contributed by atoms with Gasteiger partial charge in [0.2, 0.25) is 11.8 Å². The molecule has 1 unspecified atom stereocenters. The van der Waals surface area contributed by atoms with Gasteiger partial charge in [-0.05, 0) is 20.8 Å². The van der Waals surface area contributed by atoms with Gasteiger partial charge in [0.1, 0.15) is 6.04 Å². The Morgan fingerprint density at radius 3 is 2.27 bits per heavy atom. The lowest BCUT2D eigenvalue weighted by Crippen LogP contribution is -2.48. The van der Waals surface area contributed by atoms with Crippen LogP contribution in [-0.4, -0.2) is 47.1 Å². The van der Waals surface area contributed by atoms with Crippen molar-refractivity contribution < 1.29 is 14.7 Å². The summed E-state index contributed by atoms with van der Waals surface area (Å²) in [5.41, 5.74) is -0.930. The number of likely N-dealkylation sites (N-methyl/N-ethyl adjacent to an activating group) is 1. The van der Waals surface area contributed by atoms with Crippen LogP contribution in [0.25, 0.3) is 0 Å². The summed E-state index contributed by atoms with van der Waals surface area (Å²) in [5, 5.41) is 12.0. The van der Waals surface area contributed by atoms with Crippen LogP contribution in [0.1, 0.15) is 27.7 Å². The van der Waals surface area contributed by atoms with Crippen molar-refractivity contribution in [2.75, 3.05) is 13.6 Å². The zero-order valence-corrected chi connectivity index (χ0v) is 10.00. The SMILES string of the molecule is CC(=O)NC(C)C(=O)N(C)CC(C)(C)O. The molecule has 0 spiro atoms. The first kappa shape index (κ1) is 13.9. The number of hydrogen-bond donors (Lipinski definition) is 2. The van der Waals surface area contributed by atoms with Crippen molar-refractivity contribution in [2.24, 2.45) is 0 Å². The van der Waals surface area contributed by atoms with Gasteiger partial charge in [-0.3, -0.25) is 9.59 Å². The lowest BCUT2D eigenvalue weighted by atomic mass is 10.1. The van der Waals surface area contributed by atoms with E-state index >= 15 is 0 Å². The van der Waals surface area contributed by atoms with Crippen molar-refractivity contribution in [3.05, 3.63) is 0 Å². The third kappa shape index (κ3) is 6.06. The zero-order valence-electron chi connectivity index (χ0n) is 10.00. The molecule has 5 heteroatoms. The minimum atomic E-state index is -0.930. The van der Waals surface area contributed by atoms with Gasteiger partial charge in [0.25, 0.3) is 0 Å². The average Bonchev–Trinajstić information content (AvgIpc) is 1.98. The van der Waals surface area contributed by atoms with Crippen LogP contribution in [0.4, 0.5) is 0 Å². The van der Waals surface area contributed by atoms with Crippen LogP contribution in [0.15, 0.2) is 0 Å². The number of amides is 2. The van der Waals surface area contributed by atoms with Crippen molar-refractivity contribution in [3.63, 3.8) is 0 Å². The molecule has 0 radical (unpaired) electrons. The van der Waals surface area contributed by atoms with Gasteiger partial charge < -0.3 is 15.3 Å². The van der Waals surface area contributed by atoms with Crippen LogP contribution in [-0.2, 0) is 9.59 Å². The summed E-state index contributed by atoms with van der Waals surface area (Å²) in [7, 11) is 1.60. The van der Waals surface area contributed by atoms with Crippen molar-refractivity contribution >= 4 is 11.8 Å². The Labute approximate surface area is 90.5 Å². The summed E-state index contributed by atoms with van der Waals surface area (Å²) in [6.45, 7) is 6.46. The average molecular weight is 216 g/mol. The van der Waals surface area contributed by atoms with E-state index in [4.69, 9.17) is 0 Å². The van der Waals surface area contributed by atoms with Gasteiger partial charge in [-0.2, -0.15) is 0 Å². The Morgan fingerprint density at radius 1 is 1.47 bits per heavy atom. The molecule has 0 aliphatic rings. The van der Waals surface area contributed by atoms with Crippen molar-refractivity contribution in [2.45, 2.75) is 39.3 Å². The fourth-order valence-corrected chi connectivity index (χ4v) is 1.36. The number of nitrogens with one attached hydrogen (secondary N) is 1. The molecule has 2 N–H and O–H groups in total. The third-order valence-corrected chi connectivity index (χ3v) is 1.79.